The maximum atomic E-state index is 13.3. The molecule has 2 N–H and O–H groups in total. The van der Waals surface area contributed by atoms with Crippen LogP contribution in [0, 0.1) is 0 Å². The summed E-state index contributed by atoms with van der Waals surface area (Å²) in [4.78, 5) is 0. The molecule has 1 aliphatic heterocycles. The van der Waals surface area contributed by atoms with Crippen LogP contribution in [0.3, 0.4) is 0 Å². The summed E-state index contributed by atoms with van der Waals surface area (Å²) in [7, 11) is -4.81. The Balaban J connectivity index is 2.25. The summed E-state index contributed by atoms with van der Waals surface area (Å²) in [6, 6.07) is 14.0. The number of nitrogens with two attached hydrogens (primary N) is 1. The lowest BCUT2D eigenvalue weighted by Crippen LogP contribution is -2.58. The van der Waals surface area contributed by atoms with Gasteiger partial charge in [-0.3, -0.25) is 0 Å². The molecule has 0 bridgehead atoms. The first-order valence-corrected chi connectivity index (χ1v) is 10.8. The summed E-state index contributed by atoms with van der Waals surface area (Å²) < 4.78 is 71.2. The fourth-order valence-electron chi connectivity index (χ4n) is 3.45. The summed E-state index contributed by atoms with van der Waals surface area (Å²) in [6.07, 6.45) is -0.448. The Hall–Kier alpha value is -2.62. The Kier molecular flexibility index (Phi) is 6.07. The molecule has 0 saturated carbocycles. The van der Waals surface area contributed by atoms with Gasteiger partial charge in [-0.15, -0.1) is 0 Å². The Morgan fingerprint density at radius 2 is 1.70 bits per heavy atom. The zero-order valence-corrected chi connectivity index (χ0v) is 17.0. The highest BCUT2D eigenvalue weighted by atomic mass is 32.2. The van der Waals surface area contributed by atoms with Crippen molar-refractivity contribution in [3.05, 3.63) is 78.5 Å². The SMILES string of the molecule is CC1C=CC(CN)=C[N+]1(c1ccccc1Oc1ccccc1)S(=O)(=O)CC(F)(F)F. The fraction of sp³-hybridized carbons (Fsp3) is 0.238. The molecule has 0 spiro atoms. The molecule has 160 valence electrons. The molecular formula is C21H22F3N2O3S+. The second kappa shape index (κ2) is 8.25. The molecule has 2 unspecified atom stereocenters. The van der Waals surface area contributed by atoms with E-state index in [9.17, 15) is 21.6 Å². The van der Waals surface area contributed by atoms with Crippen LogP contribution in [0.2, 0.25) is 0 Å². The van der Waals surface area contributed by atoms with Gasteiger partial charge in [-0.05, 0) is 31.2 Å². The Morgan fingerprint density at radius 1 is 1.07 bits per heavy atom. The van der Waals surface area contributed by atoms with Crippen LogP contribution in [0.25, 0.3) is 0 Å². The predicted octanol–water partition coefficient (Wildman–Crippen LogP) is 4.48. The van der Waals surface area contributed by atoms with Gasteiger partial charge >= 0.3 is 16.2 Å². The minimum atomic E-state index is -4.91. The van der Waals surface area contributed by atoms with Crippen molar-refractivity contribution in [2.24, 2.45) is 5.73 Å². The minimum Gasteiger partial charge on any atom is -0.451 e. The van der Waals surface area contributed by atoms with Crippen molar-refractivity contribution in [1.29, 1.82) is 0 Å². The van der Waals surface area contributed by atoms with Crippen molar-refractivity contribution >= 4 is 15.7 Å². The molecule has 9 heteroatoms. The second-order valence-electron chi connectivity index (χ2n) is 6.94. The maximum absolute atomic E-state index is 13.3. The predicted molar refractivity (Wildman–Crippen MR) is 110 cm³/mol. The average Bonchev–Trinajstić information content (AvgIpc) is 2.68. The van der Waals surface area contributed by atoms with E-state index in [0.717, 1.165) is 0 Å². The number of rotatable bonds is 6. The summed E-state index contributed by atoms with van der Waals surface area (Å²) in [5.74, 6) is -1.41. The number of alkyl halides is 3. The summed E-state index contributed by atoms with van der Waals surface area (Å²) in [5.41, 5.74) is 6.19. The molecule has 1 aliphatic rings. The number of para-hydroxylation sites is 3. The molecule has 2 atom stereocenters. The molecule has 3 rings (SSSR count). The van der Waals surface area contributed by atoms with Gasteiger partial charge in [-0.2, -0.15) is 25.5 Å². The van der Waals surface area contributed by atoms with Gasteiger partial charge in [-0.25, -0.2) is 0 Å². The lowest BCUT2D eigenvalue weighted by molar-refractivity contribution is -0.106. The van der Waals surface area contributed by atoms with Crippen molar-refractivity contribution in [2.45, 2.75) is 19.1 Å². The van der Waals surface area contributed by atoms with E-state index >= 15 is 0 Å². The van der Waals surface area contributed by atoms with Crippen LogP contribution < -0.4 is 14.4 Å². The molecule has 2 aromatic carbocycles. The van der Waals surface area contributed by atoms with E-state index < -0.39 is 31.9 Å². The van der Waals surface area contributed by atoms with Crippen LogP contribution in [0.15, 0.2) is 78.5 Å². The van der Waals surface area contributed by atoms with Crippen LogP contribution in [-0.2, 0) is 10.0 Å². The number of sulfonamides is 1. The number of halogens is 3. The van der Waals surface area contributed by atoms with Crippen LogP contribution in [-0.4, -0.2) is 32.9 Å². The Labute approximate surface area is 173 Å². The molecule has 30 heavy (non-hydrogen) atoms. The average molecular weight is 439 g/mol. The largest absolute Gasteiger partial charge is 0.451 e. The van der Waals surface area contributed by atoms with Crippen LogP contribution in [0.1, 0.15) is 6.92 Å². The summed E-state index contributed by atoms with van der Waals surface area (Å²) in [5, 5.41) is 0. The third kappa shape index (κ3) is 4.28. The van der Waals surface area contributed by atoms with Crippen molar-refractivity contribution < 1.29 is 26.3 Å². The standard InChI is InChI=1S/C21H22F3N2O3S/c1-16-11-12-17(13-25)14-26(16,30(27,28)15-21(22,23)24)19-9-5-6-10-20(19)29-18-7-3-2-4-8-18/h2-12,14,16H,13,15,25H2,1H3/q+1. The van der Waals surface area contributed by atoms with E-state index in [-0.39, 0.29) is 18.0 Å². The monoisotopic (exact) mass is 439 g/mol. The highest BCUT2D eigenvalue weighted by Gasteiger charge is 2.54. The second-order valence-corrected chi connectivity index (χ2v) is 9.00. The molecule has 5 nitrogen and oxygen atoms in total. The van der Waals surface area contributed by atoms with E-state index in [4.69, 9.17) is 10.5 Å². The first-order chi connectivity index (χ1) is 14.1. The lowest BCUT2D eigenvalue weighted by Gasteiger charge is -2.39. The number of hydrogen-bond donors (Lipinski definition) is 1. The molecule has 0 aliphatic carbocycles. The van der Waals surface area contributed by atoms with E-state index in [2.05, 4.69) is 0 Å². The topological polar surface area (TPSA) is 69.4 Å². The van der Waals surface area contributed by atoms with Crippen molar-refractivity contribution in [2.75, 3.05) is 12.3 Å². The number of quaternary nitrogens is 1. The number of nitrogens with zero attached hydrogens (tertiary/aromatic N) is 1. The van der Waals surface area contributed by atoms with Gasteiger partial charge in [0.25, 0.3) is 0 Å². The minimum absolute atomic E-state index is 0.0214. The fourth-order valence-corrected chi connectivity index (χ4v) is 5.40. The molecular weight excluding hydrogens is 417 g/mol. The first-order valence-electron chi connectivity index (χ1n) is 9.19. The zero-order valence-electron chi connectivity index (χ0n) is 16.2. The van der Waals surface area contributed by atoms with Crippen molar-refractivity contribution in [1.82, 2.24) is 3.89 Å². The first kappa shape index (κ1) is 22.1. The van der Waals surface area contributed by atoms with E-state index in [0.29, 0.717) is 11.3 Å². The van der Waals surface area contributed by atoms with Crippen LogP contribution in [0.5, 0.6) is 11.5 Å². The van der Waals surface area contributed by atoms with Gasteiger partial charge in [0.05, 0.1) is 0 Å². The highest BCUT2D eigenvalue weighted by Crippen LogP contribution is 2.44. The summed E-state index contributed by atoms with van der Waals surface area (Å²) >= 11 is 0. The number of ether oxygens (including phenoxy) is 1. The van der Waals surface area contributed by atoms with Crippen LogP contribution >= 0.6 is 0 Å². The third-order valence-electron chi connectivity index (χ3n) is 4.81. The number of hydrogen-bond acceptors (Lipinski definition) is 4. The van der Waals surface area contributed by atoms with Crippen LogP contribution in [0.4, 0.5) is 18.9 Å². The lowest BCUT2D eigenvalue weighted by atomic mass is 10.1. The normalized spacial score (nSPS) is 21.9. The van der Waals surface area contributed by atoms with Gasteiger partial charge in [0, 0.05) is 18.2 Å². The Morgan fingerprint density at radius 3 is 2.33 bits per heavy atom. The van der Waals surface area contributed by atoms with E-state index in [1.54, 1.807) is 61.5 Å². The van der Waals surface area contributed by atoms with Gasteiger partial charge < -0.3 is 10.5 Å². The molecule has 0 fully saturated rings. The Bertz CT molecular complexity index is 1070. The molecule has 2 aromatic rings. The van der Waals surface area contributed by atoms with Gasteiger partial charge in [0.1, 0.15) is 18.0 Å². The van der Waals surface area contributed by atoms with Crippen molar-refractivity contribution in [3.8, 4) is 11.5 Å². The van der Waals surface area contributed by atoms with E-state index in [1.165, 1.54) is 18.3 Å². The molecule has 1 heterocycles. The van der Waals surface area contributed by atoms with Gasteiger partial charge in [0.15, 0.2) is 17.2 Å². The zero-order chi connectivity index (χ0) is 22.0. The van der Waals surface area contributed by atoms with Gasteiger partial charge in [-0.1, -0.05) is 36.4 Å². The number of benzene rings is 2. The maximum Gasteiger partial charge on any atom is 0.408 e. The quantitative estimate of drug-likeness (QED) is 0.674. The molecule has 0 saturated heterocycles. The van der Waals surface area contributed by atoms with E-state index in [1.807, 2.05) is 0 Å². The molecule has 0 radical (unpaired) electrons. The van der Waals surface area contributed by atoms with Crippen molar-refractivity contribution in [3.63, 3.8) is 0 Å². The third-order valence-corrected chi connectivity index (χ3v) is 7.05. The molecule has 0 amide bonds. The highest BCUT2D eigenvalue weighted by molar-refractivity contribution is 7.91. The molecule has 0 aromatic heterocycles. The smallest absolute Gasteiger partial charge is 0.408 e. The van der Waals surface area contributed by atoms with Gasteiger partial charge in [0.2, 0.25) is 0 Å². The summed E-state index contributed by atoms with van der Waals surface area (Å²) in [6.45, 7) is 1.53.